The molecule has 0 aliphatic carbocycles. The first-order valence-electron chi connectivity index (χ1n) is 9.03. The average molecular weight is 422 g/mol. The normalized spacial score (nSPS) is 11.2. The van der Waals surface area contributed by atoms with Crippen molar-refractivity contribution in [3.8, 4) is 17.1 Å². The Hall–Kier alpha value is -3.72. The molecule has 1 N–H and O–H groups in total. The SMILES string of the molecule is COc1ccc(S(=O)(=O)Nc2ccccc2Cc2nc(-c3cccnc3)no2)cc1. The lowest BCUT2D eigenvalue weighted by Crippen LogP contribution is -2.14. The van der Waals surface area contributed by atoms with Gasteiger partial charge in [-0.1, -0.05) is 23.4 Å². The van der Waals surface area contributed by atoms with Crippen molar-refractivity contribution in [3.63, 3.8) is 0 Å². The van der Waals surface area contributed by atoms with Gasteiger partial charge in [-0.3, -0.25) is 9.71 Å². The molecular weight excluding hydrogens is 404 g/mol. The monoisotopic (exact) mass is 422 g/mol. The van der Waals surface area contributed by atoms with E-state index in [-0.39, 0.29) is 11.3 Å². The van der Waals surface area contributed by atoms with E-state index in [1.54, 1.807) is 48.8 Å². The van der Waals surface area contributed by atoms with Crippen molar-refractivity contribution in [2.75, 3.05) is 11.8 Å². The average Bonchev–Trinajstić information content (AvgIpc) is 3.24. The second-order valence-electron chi connectivity index (χ2n) is 6.37. The fourth-order valence-corrected chi connectivity index (χ4v) is 3.94. The standard InChI is InChI=1S/C21H18N4O4S/c1-28-17-8-10-18(11-9-17)30(26,27)25-19-7-3-2-5-15(19)13-20-23-21(24-29-20)16-6-4-12-22-14-16/h2-12,14,25H,13H2,1H3. The van der Waals surface area contributed by atoms with Gasteiger partial charge in [-0.2, -0.15) is 4.98 Å². The van der Waals surface area contributed by atoms with Crippen molar-refractivity contribution >= 4 is 15.7 Å². The first-order chi connectivity index (χ1) is 14.5. The van der Waals surface area contributed by atoms with Gasteiger partial charge in [-0.15, -0.1) is 0 Å². The summed E-state index contributed by atoms with van der Waals surface area (Å²) in [6, 6.07) is 16.9. The number of sulfonamides is 1. The van der Waals surface area contributed by atoms with E-state index in [1.807, 2.05) is 12.1 Å². The van der Waals surface area contributed by atoms with Crippen LogP contribution in [0.25, 0.3) is 11.4 Å². The van der Waals surface area contributed by atoms with Crippen LogP contribution in [0.3, 0.4) is 0 Å². The third kappa shape index (κ3) is 4.31. The second kappa shape index (κ2) is 8.34. The fraction of sp³-hybridized carbons (Fsp3) is 0.0952. The Morgan fingerprint density at radius 3 is 2.57 bits per heavy atom. The summed E-state index contributed by atoms with van der Waals surface area (Å²) >= 11 is 0. The molecule has 0 spiro atoms. The van der Waals surface area contributed by atoms with Crippen LogP contribution < -0.4 is 9.46 Å². The lowest BCUT2D eigenvalue weighted by molar-refractivity contribution is 0.386. The van der Waals surface area contributed by atoms with E-state index in [2.05, 4.69) is 19.8 Å². The molecule has 4 rings (SSSR count). The van der Waals surface area contributed by atoms with Gasteiger partial charge in [0.05, 0.1) is 24.1 Å². The highest BCUT2D eigenvalue weighted by molar-refractivity contribution is 7.92. The summed E-state index contributed by atoms with van der Waals surface area (Å²) in [5.74, 6) is 1.37. The highest BCUT2D eigenvalue weighted by Crippen LogP contribution is 2.24. The highest BCUT2D eigenvalue weighted by atomic mass is 32.2. The van der Waals surface area contributed by atoms with Crippen LogP contribution in [-0.4, -0.2) is 30.7 Å². The molecule has 8 nitrogen and oxygen atoms in total. The summed E-state index contributed by atoms with van der Waals surface area (Å²) in [4.78, 5) is 8.56. The van der Waals surface area contributed by atoms with Crippen molar-refractivity contribution < 1.29 is 17.7 Å². The van der Waals surface area contributed by atoms with Crippen LogP contribution in [-0.2, 0) is 16.4 Å². The number of pyridine rings is 1. The Morgan fingerprint density at radius 1 is 1.03 bits per heavy atom. The zero-order chi connectivity index (χ0) is 21.0. The third-order valence-corrected chi connectivity index (χ3v) is 5.74. The lowest BCUT2D eigenvalue weighted by Gasteiger charge is -2.12. The lowest BCUT2D eigenvalue weighted by atomic mass is 10.1. The molecule has 2 aromatic carbocycles. The molecule has 9 heteroatoms. The fourth-order valence-electron chi connectivity index (χ4n) is 2.83. The Bertz CT molecular complexity index is 1240. The molecule has 0 fully saturated rings. The minimum atomic E-state index is -3.77. The topological polar surface area (TPSA) is 107 Å². The molecule has 0 aliphatic rings. The van der Waals surface area contributed by atoms with Gasteiger partial charge in [0.1, 0.15) is 5.75 Å². The predicted molar refractivity (Wildman–Crippen MR) is 111 cm³/mol. The van der Waals surface area contributed by atoms with Crippen molar-refractivity contribution in [2.24, 2.45) is 0 Å². The summed E-state index contributed by atoms with van der Waals surface area (Å²) in [6.45, 7) is 0. The second-order valence-corrected chi connectivity index (χ2v) is 8.05. The van der Waals surface area contributed by atoms with E-state index in [9.17, 15) is 8.42 Å². The molecule has 4 aromatic rings. The maximum Gasteiger partial charge on any atom is 0.261 e. The molecule has 0 aliphatic heterocycles. The molecule has 0 unspecified atom stereocenters. The van der Waals surface area contributed by atoms with E-state index in [0.29, 0.717) is 28.7 Å². The number of hydrogen-bond acceptors (Lipinski definition) is 7. The zero-order valence-corrected chi connectivity index (χ0v) is 16.8. The number of rotatable bonds is 7. The highest BCUT2D eigenvalue weighted by Gasteiger charge is 2.17. The molecule has 2 aromatic heterocycles. The van der Waals surface area contributed by atoms with Crippen LogP contribution in [0, 0.1) is 0 Å². The van der Waals surface area contributed by atoms with Crippen LogP contribution in [0.15, 0.2) is 82.5 Å². The van der Waals surface area contributed by atoms with E-state index in [0.717, 1.165) is 5.56 Å². The molecule has 152 valence electrons. The van der Waals surface area contributed by atoms with Crippen LogP contribution in [0.5, 0.6) is 5.75 Å². The summed E-state index contributed by atoms with van der Waals surface area (Å²) in [5, 5.41) is 3.97. The maximum absolute atomic E-state index is 12.8. The first-order valence-corrected chi connectivity index (χ1v) is 10.5. The van der Waals surface area contributed by atoms with E-state index >= 15 is 0 Å². The molecule has 0 saturated heterocycles. The largest absolute Gasteiger partial charge is 0.497 e. The molecule has 0 radical (unpaired) electrons. The molecule has 0 amide bonds. The van der Waals surface area contributed by atoms with Gasteiger partial charge in [0.25, 0.3) is 10.0 Å². The Morgan fingerprint density at radius 2 is 1.83 bits per heavy atom. The van der Waals surface area contributed by atoms with Gasteiger partial charge in [-0.25, -0.2) is 8.42 Å². The summed E-state index contributed by atoms with van der Waals surface area (Å²) in [7, 11) is -2.25. The van der Waals surface area contributed by atoms with Gasteiger partial charge in [-0.05, 0) is 48.0 Å². The van der Waals surface area contributed by atoms with E-state index in [1.165, 1.54) is 19.2 Å². The summed E-state index contributed by atoms with van der Waals surface area (Å²) < 4.78 is 38.6. The van der Waals surface area contributed by atoms with Crippen molar-refractivity contribution in [3.05, 3.63) is 84.5 Å². The van der Waals surface area contributed by atoms with Crippen LogP contribution in [0.1, 0.15) is 11.5 Å². The van der Waals surface area contributed by atoms with Crippen molar-refractivity contribution in [2.45, 2.75) is 11.3 Å². The third-order valence-electron chi connectivity index (χ3n) is 4.36. The smallest absolute Gasteiger partial charge is 0.261 e. The molecular formula is C21H18N4O4S. The molecule has 0 bridgehead atoms. The minimum absolute atomic E-state index is 0.134. The number of anilines is 1. The number of aromatic nitrogens is 3. The predicted octanol–water partition coefficient (Wildman–Crippen LogP) is 3.53. The van der Waals surface area contributed by atoms with Gasteiger partial charge < -0.3 is 9.26 Å². The number of benzene rings is 2. The number of ether oxygens (including phenoxy) is 1. The number of methoxy groups -OCH3 is 1. The Labute approximate surface area is 173 Å². The summed E-state index contributed by atoms with van der Waals surface area (Å²) in [6.07, 6.45) is 3.58. The van der Waals surface area contributed by atoms with E-state index < -0.39 is 10.0 Å². The van der Waals surface area contributed by atoms with Gasteiger partial charge in [0.15, 0.2) is 0 Å². The Kier molecular flexibility index (Phi) is 5.44. The molecule has 0 saturated carbocycles. The van der Waals surface area contributed by atoms with Crippen LogP contribution >= 0.6 is 0 Å². The maximum atomic E-state index is 12.8. The van der Waals surface area contributed by atoms with Gasteiger partial charge >= 0.3 is 0 Å². The number of nitrogens with one attached hydrogen (secondary N) is 1. The Balaban J connectivity index is 1.56. The zero-order valence-electron chi connectivity index (χ0n) is 16.0. The van der Waals surface area contributed by atoms with Crippen LogP contribution in [0.4, 0.5) is 5.69 Å². The number of nitrogens with zero attached hydrogens (tertiary/aromatic N) is 3. The molecule has 30 heavy (non-hydrogen) atoms. The minimum Gasteiger partial charge on any atom is -0.497 e. The summed E-state index contributed by atoms with van der Waals surface area (Å²) in [5.41, 5.74) is 1.88. The first kappa shape index (κ1) is 19.6. The molecule has 2 heterocycles. The molecule has 0 atom stereocenters. The number of hydrogen-bond donors (Lipinski definition) is 1. The van der Waals surface area contributed by atoms with E-state index in [4.69, 9.17) is 9.26 Å². The van der Waals surface area contributed by atoms with Crippen molar-refractivity contribution in [1.82, 2.24) is 15.1 Å². The van der Waals surface area contributed by atoms with Crippen LogP contribution in [0.2, 0.25) is 0 Å². The van der Waals surface area contributed by atoms with Gasteiger partial charge in [0.2, 0.25) is 11.7 Å². The van der Waals surface area contributed by atoms with Crippen molar-refractivity contribution in [1.29, 1.82) is 0 Å². The van der Waals surface area contributed by atoms with Gasteiger partial charge in [0, 0.05) is 18.0 Å². The number of para-hydroxylation sites is 1. The quantitative estimate of drug-likeness (QED) is 0.485.